The summed E-state index contributed by atoms with van der Waals surface area (Å²) in [5.41, 5.74) is 3.02. The summed E-state index contributed by atoms with van der Waals surface area (Å²) in [5.74, 6) is -4.97. The molecule has 0 atom stereocenters. The lowest BCUT2D eigenvalue weighted by atomic mass is 10.1. The van der Waals surface area contributed by atoms with E-state index in [1.54, 1.807) is 0 Å². The van der Waals surface area contributed by atoms with Gasteiger partial charge in [-0.15, -0.1) is 0 Å². The van der Waals surface area contributed by atoms with Crippen molar-refractivity contribution < 1.29 is 22.0 Å². The smallest absolute Gasteiger partial charge is 0.398 e. The van der Waals surface area contributed by atoms with Crippen LogP contribution in [0, 0.1) is 0 Å². The highest BCUT2D eigenvalue weighted by molar-refractivity contribution is 5.47. The molecule has 2 nitrogen and oxygen atoms in total. The molecule has 0 aliphatic carbocycles. The number of anilines is 1. The Morgan fingerprint density at radius 1 is 1.14 bits per heavy atom. The Bertz CT molecular complexity index is 333. The SMILES string of the molecule is Nc1ccncc1C(F)(F)C(F)(F)F. The first-order valence-electron chi connectivity index (χ1n) is 3.41. The highest BCUT2D eigenvalue weighted by Gasteiger charge is 2.59. The Labute approximate surface area is 75.5 Å². The highest BCUT2D eigenvalue weighted by Crippen LogP contribution is 2.45. The number of halogens is 5. The molecule has 0 amide bonds. The van der Waals surface area contributed by atoms with E-state index in [0.29, 0.717) is 6.20 Å². The molecule has 0 fully saturated rings. The van der Waals surface area contributed by atoms with Crippen LogP contribution >= 0.6 is 0 Å². The van der Waals surface area contributed by atoms with Crippen molar-refractivity contribution in [3.05, 3.63) is 24.0 Å². The summed E-state index contributed by atoms with van der Waals surface area (Å²) in [6, 6.07) is 0.884. The Balaban J connectivity index is 3.23. The molecule has 1 aromatic heterocycles. The molecule has 0 unspecified atom stereocenters. The van der Waals surface area contributed by atoms with E-state index < -0.39 is 23.3 Å². The molecule has 0 aromatic carbocycles. The zero-order valence-electron chi connectivity index (χ0n) is 6.65. The van der Waals surface area contributed by atoms with E-state index >= 15 is 0 Å². The number of hydrogen-bond acceptors (Lipinski definition) is 2. The fourth-order valence-electron chi connectivity index (χ4n) is 0.820. The summed E-state index contributed by atoms with van der Waals surface area (Å²) >= 11 is 0. The number of rotatable bonds is 1. The van der Waals surface area contributed by atoms with Gasteiger partial charge in [-0.05, 0) is 6.07 Å². The third kappa shape index (κ3) is 1.61. The first-order chi connectivity index (χ1) is 6.27. The van der Waals surface area contributed by atoms with Gasteiger partial charge in [-0.25, -0.2) is 0 Å². The monoisotopic (exact) mass is 212 g/mol. The summed E-state index contributed by atoms with van der Waals surface area (Å²) in [6.45, 7) is 0. The second-order valence-electron chi connectivity index (χ2n) is 2.54. The number of nitrogens with zero attached hydrogens (tertiary/aromatic N) is 1. The summed E-state index contributed by atoms with van der Waals surface area (Å²) < 4.78 is 61.0. The minimum Gasteiger partial charge on any atom is -0.398 e. The van der Waals surface area contributed by atoms with E-state index in [-0.39, 0.29) is 0 Å². The van der Waals surface area contributed by atoms with Crippen molar-refractivity contribution in [1.82, 2.24) is 4.98 Å². The maximum absolute atomic E-state index is 12.7. The van der Waals surface area contributed by atoms with Crippen molar-refractivity contribution in [2.75, 3.05) is 5.73 Å². The predicted octanol–water partition coefficient (Wildman–Crippen LogP) is 2.32. The van der Waals surface area contributed by atoms with Crippen molar-refractivity contribution in [2.45, 2.75) is 12.1 Å². The first-order valence-corrected chi connectivity index (χ1v) is 3.41. The molecule has 7 heteroatoms. The molecule has 0 aliphatic rings. The van der Waals surface area contributed by atoms with Crippen molar-refractivity contribution in [3.8, 4) is 0 Å². The van der Waals surface area contributed by atoms with E-state index in [9.17, 15) is 22.0 Å². The molecule has 0 aliphatic heterocycles. The fraction of sp³-hybridized carbons (Fsp3) is 0.286. The molecular weight excluding hydrogens is 207 g/mol. The quantitative estimate of drug-likeness (QED) is 0.725. The summed E-state index contributed by atoms with van der Waals surface area (Å²) in [6.07, 6.45) is -4.22. The average Bonchev–Trinajstić information content (AvgIpc) is 2.02. The topological polar surface area (TPSA) is 38.9 Å². The van der Waals surface area contributed by atoms with Gasteiger partial charge in [0.05, 0.1) is 5.56 Å². The molecule has 1 aromatic rings. The summed E-state index contributed by atoms with van der Waals surface area (Å²) in [4.78, 5) is 3.17. The van der Waals surface area contributed by atoms with Crippen LogP contribution in [0.15, 0.2) is 18.5 Å². The lowest BCUT2D eigenvalue weighted by molar-refractivity contribution is -0.289. The van der Waals surface area contributed by atoms with E-state index in [4.69, 9.17) is 5.73 Å². The number of nitrogen functional groups attached to an aromatic ring is 1. The molecular formula is C7H5F5N2. The van der Waals surface area contributed by atoms with E-state index in [0.717, 1.165) is 12.3 Å². The molecule has 1 heterocycles. The lowest BCUT2D eigenvalue weighted by Gasteiger charge is -2.20. The van der Waals surface area contributed by atoms with Crippen LogP contribution in [0.4, 0.5) is 27.6 Å². The molecule has 0 spiro atoms. The number of pyridine rings is 1. The van der Waals surface area contributed by atoms with E-state index in [1.165, 1.54) is 0 Å². The maximum atomic E-state index is 12.7. The lowest BCUT2D eigenvalue weighted by Crippen LogP contribution is -2.34. The van der Waals surface area contributed by atoms with Crippen LogP contribution in [0.5, 0.6) is 0 Å². The zero-order valence-corrected chi connectivity index (χ0v) is 6.65. The van der Waals surface area contributed by atoms with Gasteiger partial charge in [0.15, 0.2) is 0 Å². The molecule has 0 radical (unpaired) electrons. The van der Waals surface area contributed by atoms with Crippen molar-refractivity contribution >= 4 is 5.69 Å². The van der Waals surface area contributed by atoms with Crippen LogP contribution in [-0.4, -0.2) is 11.2 Å². The van der Waals surface area contributed by atoms with Crippen LogP contribution in [0.1, 0.15) is 5.56 Å². The van der Waals surface area contributed by atoms with E-state index in [2.05, 4.69) is 4.98 Å². The van der Waals surface area contributed by atoms with Gasteiger partial charge in [-0.1, -0.05) is 0 Å². The minimum atomic E-state index is -5.66. The maximum Gasteiger partial charge on any atom is 0.458 e. The number of aromatic nitrogens is 1. The fourth-order valence-corrected chi connectivity index (χ4v) is 0.820. The normalized spacial score (nSPS) is 12.9. The molecule has 14 heavy (non-hydrogen) atoms. The van der Waals surface area contributed by atoms with Crippen LogP contribution in [-0.2, 0) is 5.92 Å². The number of alkyl halides is 5. The highest BCUT2D eigenvalue weighted by atomic mass is 19.4. The molecule has 0 saturated heterocycles. The Hall–Kier alpha value is -1.40. The minimum absolute atomic E-state index is 0.406. The van der Waals surface area contributed by atoms with Crippen molar-refractivity contribution in [2.24, 2.45) is 0 Å². The van der Waals surface area contributed by atoms with Gasteiger partial charge in [-0.3, -0.25) is 4.98 Å². The summed E-state index contributed by atoms with van der Waals surface area (Å²) in [5, 5.41) is 0. The van der Waals surface area contributed by atoms with Gasteiger partial charge < -0.3 is 5.73 Å². The Kier molecular flexibility index (Phi) is 2.34. The average molecular weight is 212 g/mol. The number of hydrogen-bond donors (Lipinski definition) is 1. The van der Waals surface area contributed by atoms with E-state index in [1.807, 2.05) is 0 Å². The summed E-state index contributed by atoms with van der Waals surface area (Å²) in [7, 11) is 0. The largest absolute Gasteiger partial charge is 0.458 e. The molecule has 0 saturated carbocycles. The van der Waals surface area contributed by atoms with Crippen LogP contribution < -0.4 is 5.73 Å². The van der Waals surface area contributed by atoms with Crippen molar-refractivity contribution in [3.63, 3.8) is 0 Å². The van der Waals surface area contributed by atoms with Gasteiger partial charge >= 0.3 is 12.1 Å². The number of nitrogens with two attached hydrogens (primary N) is 1. The third-order valence-electron chi connectivity index (χ3n) is 1.55. The first kappa shape index (κ1) is 10.7. The molecule has 2 N–H and O–H groups in total. The van der Waals surface area contributed by atoms with Gasteiger partial charge in [0.1, 0.15) is 0 Å². The van der Waals surface area contributed by atoms with Crippen LogP contribution in [0.2, 0.25) is 0 Å². The Morgan fingerprint density at radius 3 is 2.14 bits per heavy atom. The second kappa shape index (κ2) is 3.07. The third-order valence-corrected chi connectivity index (χ3v) is 1.55. The van der Waals surface area contributed by atoms with Gasteiger partial charge in [0, 0.05) is 18.1 Å². The van der Waals surface area contributed by atoms with Gasteiger partial charge in [0.2, 0.25) is 0 Å². The molecule has 0 bridgehead atoms. The molecule has 78 valence electrons. The second-order valence-corrected chi connectivity index (χ2v) is 2.54. The Morgan fingerprint density at radius 2 is 1.71 bits per heavy atom. The van der Waals surface area contributed by atoms with Crippen LogP contribution in [0.25, 0.3) is 0 Å². The molecule has 1 rings (SSSR count). The van der Waals surface area contributed by atoms with Crippen molar-refractivity contribution in [1.29, 1.82) is 0 Å². The van der Waals surface area contributed by atoms with Gasteiger partial charge in [-0.2, -0.15) is 22.0 Å². The predicted molar refractivity (Wildman–Crippen MR) is 38.6 cm³/mol. The van der Waals surface area contributed by atoms with Gasteiger partial charge in [0.25, 0.3) is 0 Å². The zero-order chi connectivity index (χ0) is 11.0. The van der Waals surface area contributed by atoms with Crippen LogP contribution in [0.3, 0.4) is 0 Å². The standard InChI is InChI=1S/C7H5F5N2/c8-6(9,7(10,11)12)4-3-14-2-1-5(4)13/h1-3H,(H2,13,14).